The molecule has 192 valence electrons. The maximum atomic E-state index is 12.5. The molecular formula is C23H23F3N4O6. The Bertz CT molecular complexity index is 1160. The number of nitrogens with one attached hydrogen (secondary N) is 2. The lowest BCUT2D eigenvalue weighted by molar-refractivity contribution is -0.274. The fourth-order valence-corrected chi connectivity index (χ4v) is 3.63. The monoisotopic (exact) mass is 508 g/mol. The molecule has 3 aromatic rings. The number of aliphatic carboxylic acids is 2. The predicted molar refractivity (Wildman–Crippen MR) is 121 cm³/mol. The third-order valence-corrected chi connectivity index (χ3v) is 5.31. The summed E-state index contributed by atoms with van der Waals surface area (Å²) in [5.41, 5.74) is 2.39. The van der Waals surface area contributed by atoms with Gasteiger partial charge in [-0.15, -0.1) is 13.2 Å². The van der Waals surface area contributed by atoms with Gasteiger partial charge >= 0.3 is 18.3 Å². The van der Waals surface area contributed by atoms with Gasteiger partial charge in [0.2, 0.25) is 5.91 Å². The molecule has 0 spiro atoms. The van der Waals surface area contributed by atoms with Crippen LogP contribution in [-0.4, -0.2) is 62.4 Å². The number of carboxylic acid groups (broad SMARTS) is 2. The Morgan fingerprint density at radius 3 is 2.19 bits per heavy atom. The molecule has 1 aromatic heterocycles. The number of H-pyrrole nitrogens is 1. The Labute approximate surface area is 202 Å². The SMILES string of the molecule is O=C(Nc1ccc(OC(F)(F)F)cc1)C1CCN(Cc2nc3ccccc3[nH]2)CC1.O=C(O)C(=O)O. The summed E-state index contributed by atoms with van der Waals surface area (Å²) in [6.45, 7) is 2.24. The fourth-order valence-electron chi connectivity index (χ4n) is 3.63. The van der Waals surface area contributed by atoms with Gasteiger partial charge in [-0.2, -0.15) is 0 Å². The van der Waals surface area contributed by atoms with Crippen molar-refractivity contribution in [3.63, 3.8) is 0 Å². The lowest BCUT2D eigenvalue weighted by Gasteiger charge is -2.30. The molecule has 36 heavy (non-hydrogen) atoms. The molecule has 0 atom stereocenters. The molecule has 2 aromatic carbocycles. The van der Waals surface area contributed by atoms with Crippen LogP contribution in [0.25, 0.3) is 11.0 Å². The van der Waals surface area contributed by atoms with Gasteiger partial charge in [0.1, 0.15) is 11.6 Å². The van der Waals surface area contributed by atoms with Crippen LogP contribution in [0.2, 0.25) is 0 Å². The van der Waals surface area contributed by atoms with Gasteiger partial charge in [0.25, 0.3) is 0 Å². The first kappa shape index (κ1) is 26.5. The number of aromatic amines is 1. The summed E-state index contributed by atoms with van der Waals surface area (Å²) in [5, 5.41) is 17.6. The standard InChI is InChI=1S/C21H21F3N4O2.C2H2O4/c22-21(23,24)30-16-7-5-15(6-8-16)25-20(29)14-9-11-28(12-10-14)13-19-26-17-3-1-2-4-18(17)27-19;3-1(4)2(5)6/h1-8,14H,9-13H2,(H,25,29)(H,26,27);(H,3,4)(H,5,6). The van der Waals surface area contributed by atoms with E-state index in [4.69, 9.17) is 19.8 Å². The minimum absolute atomic E-state index is 0.122. The third kappa shape index (κ3) is 7.98. The molecular weight excluding hydrogens is 485 g/mol. The van der Waals surface area contributed by atoms with Crippen molar-refractivity contribution in [2.24, 2.45) is 5.92 Å². The Kier molecular flexibility index (Phi) is 8.48. The van der Waals surface area contributed by atoms with E-state index in [1.807, 2.05) is 24.3 Å². The quantitative estimate of drug-likeness (QED) is 0.384. The van der Waals surface area contributed by atoms with Gasteiger partial charge in [0, 0.05) is 11.6 Å². The van der Waals surface area contributed by atoms with Crippen LogP contribution >= 0.6 is 0 Å². The van der Waals surface area contributed by atoms with Gasteiger partial charge in [0.15, 0.2) is 0 Å². The molecule has 4 N–H and O–H groups in total. The van der Waals surface area contributed by atoms with Gasteiger partial charge in [-0.1, -0.05) is 12.1 Å². The Hall–Kier alpha value is -4.13. The lowest BCUT2D eigenvalue weighted by Crippen LogP contribution is -2.38. The number of nitrogens with zero attached hydrogens (tertiary/aromatic N) is 2. The number of halogens is 3. The Morgan fingerprint density at radius 1 is 1.03 bits per heavy atom. The van der Waals surface area contributed by atoms with Gasteiger partial charge < -0.3 is 25.3 Å². The number of anilines is 1. The topological polar surface area (TPSA) is 145 Å². The number of hydrogen-bond donors (Lipinski definition) is 4. The second-order valence-corrected chi connectivity index (χ2v) is 7.92. The smallest absolute Gasteiger partial charge is 0.473 e. The zero-order valence-electron chi connectivity index (χ0n) is 18.8. The number of amides is 1. The highest BCUT2D eigenvalue weighted by atomic mass is 19.4. The molecule has 1 saturated heterocycles. The largest absolute Gasteiger partial charge is 0.573 e. The zero-order chi connectivity index (χ0) is 26.3. The van der Waals surface area contributed by atoms with Crippen LogP contribution in [0.1, 0.15) is 18.7 Å². The van der Waals surface area contributed by atoms with E-state index in [1.54, 1.807) is 0 Å². The zero-order valence-corrected chi connectivity index (χ0v) is 18.8. The van der Waals surface area contributed by atoms with E-state index in [0.29, 0.717) is 25.1 Å². The molecule has 13 heteroatoms. The van der Waals surface area contributed by atoms with Crippen molar-refractivity contribution >= 4 is 34.6 Å². The molecule has 1 aliphatic heterocycles. The average molecular weight is 508 g/mol. The number of ether oxygens (including phenoxy) is 1. The highest BCUT2D eigenvalue weighted by Gasteiger charge is 2.31. The van der Waals surface area contributed by atoms with E-state index in [0.717, 1.165) is 29.9 Å². The van der Waals surface area contributed by atoms with Crippen molar-refractivity contribution in [2.45, 2.75) is 25.7 Å². The number of carbonyl (C=O) groups excluding carboxylic acids is 1. The molecule has 0 unspecified atom stereocenters. The second-order valence-electron chi connectivity index (χ2n) is 7.92. The fraction of sp³-hybridized carbons (Fsp3) is 0.304. The average Bonchev–Trinajstić information content (AvgIpc) is 3.22. The highest BCUT2D eigenvalue weighted by Crippen LogP contribution is 2.25. The molecule has 0 aliphatic carbocycles. The van der Waals surface area contributed by atoms with Gasteiger partial charge in [-0.25, -0.2) is 14.6 Å². The molecule has 4 rings (SSSR count). The summed E-state index contributed by atoms with van der Waals surface area (Å²) in [7, 11) is 0. The maximum absolute atomic E-state index is 12.5. The summed E-state index contributed by atoms with van der Waals surface area (Å²) in [4.78, 5) is 40.9. The van der Waals surface area contributed by atoms with Crippen LogP contribution in [0.5, 0.6) is 5.75 Å². The van der Waals surface area contributed by atoms with Crippen molar-refractivity contribution in [3.8, 4) is 5.75 Å². The van der Waals surface area contributed by atoms with Crippen LogP contribution in [0.3, 0.4) is 0 Å². The van der Waals surface area contributed by atoms with Gasteiger partial charge in [-0.05, 0) is 62.3 Å². The van der Waals surface area contributed by atoms with Crippen LogP contribution in [0.15, 0.2) is 48.5 Å². The highest BCUT2D eigenvalue weighted by molar-refractivity contribution is 6.27. The van der Waals surface area contributed by atoms with E-state index in [-0.39, 0.29) is 17.6 Å². The molecule has 1 fully saturated rings. The number of carboxylic acids is 2. The minimum atomic E-state index is -4.74. The number of alkyl halides is 3. The molecule has 1 amide bonds. The summed E-state index contributed by atoms with van der Waals surface area (Å²) in [5.74, 6) is -3.32. The first-order valence-electron chi connectivity index (χ1n) is 10.8. The second kappa shape index (κ2) is 11.5. The minimum Gasteiger partial charge on any atom is -0.473 e. The molecule has 0 saturated carbocycles. The number of carbonyl (C=O) groups is 3. The summed E-state index contributed by atoms with van der Waals surface area (Å²) in [6.07, 6.45) is -3.32. The van der Waals surface area contributed by atoms with Crippen molar-refractivity contribution < 1.29 is 42.5 Å². The first-order chi connectivity index (χ1) is 17.0. The maximum Gasteiger partial charge on any atom is 0.573 e. The number of hydrogen-bond acceptors (Lipinski definition) is 6. The van der Waals surface area contributed by atoms with E-state index in [1.165, 1.54) is 24.3 Å². The first-order valence-corrected chi connectivity index (χ1v) is 10.8. The van der Waals surface area contributed by atoms with E-state index < -0.39 is 18.3 Å². The van der Waals surface area contributed by atoms with Crippen molar-refractivity contribution in [1.82, 2.24) is 14.9 Å². The molecule has 10 nitrogen and oxygen atoms in total. The van der Waals surface area contributed by atoms with Gasteiger partial charge in [-0.3, -0.25) is 9.69 Å². The van der Waals surface area contributed by atoms with Gasteiger partial charge in [0.05, 0.1) is 17.6 Å². The van der Waals surface area contributed by atoms with Crippen LogP contribution in [0, 0.1) is 5.92 Å². The number of imidazole rings is 1. The van der Waals surface area contributed by atoms with Crippen molar-refractivity contribution in [2.75, 3.05) is 18.4 Å². The number of aromatic nitrogens is 2. The number of para-hydroxylation sites is 2. The molecule has 2 heterocycles. The summed E-state index contributed by atoms with van der Waals surface area (Å²) >= 11 is 0. The summed E-state index contributed by atoms with van der Waals surface area (Å²) in [6, 6.07) is 13.0. The lowest BCUT2D eigenvalue weighted by atomic mass is 9.96. The van der Waals surface area contributed by atoms with Crippen molar-refractivity contribution in [3.05, 3.63) is 54.4 Å². The van der Waals surface area contributed by atoms with Crippen LogP contribution < -0.4 is 10.1 Å². The number of piperidine rings is 1. The number of fused-ring (bicyclic) bond motifs is 1. The van der Waals surface area contributed by atoms with E-state index >= 15 is 0 Å². The van der Waals surface area contributed by atoms with E-state index in [9.17, 15) is 18.0 Å². The number of rotatable bonds is 5. The number of likely N-dealkylation sites (tertiary alicyclic amines) is 1. The predicted octanol–water partition coefficient (Wildman–Crippen LogP) is 3.47. The Morgan fingerprint density at radius 2 is 1.64 bits per heavy atom. The molecule has 0 bridgehead atoms. The van der Waals surface area contributed by atoms with E-state index in [2.05, 4.69) is 24.9 Å². The van der Waals surface area contributed by atoms with Crippen LogP contribution in [-0.2, 0) is 20.9 Å². The normalized spacial score (nSPS) is 14.5. The van der Waals surface area contributed by atoms with Crippen LogP contribution in [0.4, 0.5) is 18.9 Å². The molecule has 1 aliphatic rings. The number of benzene rings is 2. The Balaban J connectivity index is 0.000000538. The summed E-state index contributed by atoms with van der Waals surface area (Å²) < 4.78 is 40.5. The third-order valence-electron chi connectivity index (χ3n) is 5.31. The molecule has 0 radical (unpaired) electrons. The van der Waals surface area contributed by atoms with Crippen molar-refractivity contribution in [1.29, 1.82) is 0 Å².